The number of rotatable bonds is 5. The van der Waals surface area contributed by atoms with Crippen LogP contribution in [-0.2, 0) is 16.2 Å². The first-order valence-electron chi connectivity index (χ1n) is 8.92. The van der Waals surface area contributed by atoms with Crippen molar-refractivity contribution in [3.63, 3.8) is 0 Å². The van der Waals surface area contributed by atoms with Crippen molar-refractivity contribution in [3.8, 4) is 5.75 Å². The third kappa shape index (κ3) is 3.67. The lowest BCUT2D eigenvalue weighted by Gasteiger charge is -2.12. The Bertz CT molecular complexity index is 1030. The normalized spacial score (nSPS) is 16.1. The third-order valence-electron chi connectivity index (χ3n) is 4.65. The van der Waals surface area contributed by atoms with Crippen molar-refractivity contribution in [1.29, 1.82) is 0 Å². The lowest BCUT2D eigenvalue weighted by Crippen LogP contribution is -2.08. The molecular weight excluding hydrogens is 340 g/mol. The van der Waals surface area contributed by atoms with E-state index < -0.39 is 0 Å². The molecule has 1 aliphatic heterocycles. The molecule has 5 heteroatoms. The van der Waals surface area contributed by atoms with Gasteiger partial charge in [0.15, 0.2) is 11.9 Å². The van der Waals surface area contributed by atoms with Crippen molar-refractivity contribution in [2.45, 2.75) is 33.0 Å². The summed E-state index contributed by atoms with van der Waals surface area (Å²) in [5.74, 6) is 0.736. The van der Waals surface area contributed by atoms with Crippen molar-refractivity contribution < 1.29 is 14.4 Å². The topological polar surface area (TPSA) is 60.8 Å². The maximum atomic E-state index is 11.4. The fraction of sp³-hybridized carbons (Fsp3) is 0.227. The molecule has 1 aliphatic rings. The van der Waals surface area contributed by atoms with E-state index in [0.29, 0.717) is 18.7 Å². The van der Waals surface area contributed by atoms with Crippen LogP contribution in [0, 0.1) is 6.92 Å². The highest BCUT2D eigenvalue weighted by Crippen LogP contribution is 2.29. The van der Waals surface area contributed by atoms with E-state index in [1.807, 2.05) is 49.4 Å². The monoisotopic (exact) mass is 360 g/mol. The van der Waals surface area contributed by atoms with Crippen LogP contribution in [0.5, 0.6) is 5.75 Å². The Kier molecular flexibility index (Phi) is 4.59. The molecule has 0 saturated heterocycles. The van der Waals surface area contributed by atoms with Crippen LogP contribution in [0.15, 0.2) is 59.8 Å². The number of hydrogen-bond acceptors (Lipinski definition) is 5. The van der Waals surface area contributed by atoms with E-state index in [2.05, 4.69) is 22.3 Å². The average molecular weight is 360 g/mol. The SMILES string of the molecule is CC(=O)C1=NOC(c2ccc(OCc3cc(C)nc4ccccc34)cc2)C1. The standard InChI is InChI=1S/C22H20N2O3/c1-14-11-17(19-5-3-4-6-20(19)23-14)13-26-18-9-7-16(8-10-18)22-12-21(15(2)25)24-27-22/h3-11,22H,12-13H2,1-2H3. The molecule has 0 bridgehead atoms. The number of fused-ring (bicyclic) bond motifs is 1. The first-order valence-corrected chi connectivity index (χ1v) is 8.92. The molecule has 0 fully saturated rings. The van der Waals surface area contributed by atoms with Gasteiger partial charge < -0.3 is 9.57 Å². The van der Waals surface area contributed by atoms with E-state index in [-0.39, 0.29) is 11.9 Å². The minimum Gasteiger partial charge on any atom is -0.489 e. The van der Waals surface area contributed by atoms with E-state index in [0.717, 1.165) is 33.5 Å². The predicted molar refractivity (Wildman–Crippen MR) is 104 cm³/mol. The summed E-state index contributed by atoms with van der Waals surface area (Å²) < 4.78 is 5.98. The second kappa shape index (κ2) is 7.19. The van der Waals surface area contributed by atoms with E-state index in [9.17, 15) is 4.79 Å². The van der Waals surface area contributed by atoms with Gasteiger partial charge in [0.1, 0.15) is 18.1 Å². The first-order chi connectivity index (χ1) is 13.1. The Balaban J connectivity index is 1.45. The van der Waals surface area contributed by atoms with Gasteiger partial charge in [0.2, 0.25) is 0 Å². The van der Waals surface area contributed by atoms with Gasteiger partial charge in [0.05, 0.1) is 5.52 Å². The van der Waals surface area contributed by atoms with Crippen molar-refractivity contribution in [3.05, 3.63) is 71.4 Å². The molecule has 1 atom stereocenters. The summed E-state index contributed by atoms with van der Waals surface area (Å²) >= 11 is 0. The molecule has 2 heterocycles. The Morgan fingerprint density at radius 3 is 2.70 bits per heavy atom. The number of ether oxygens (including phenoxy) is 1. The molecule has 4 rings (SSSR count). The fourth-order valence-corrected chi connectivity index (χ4v) is 3.22. The molecular formula is C22H20N2O3. The number of carbonyl (C=O) groups excluding carboxylic acids is 1. The number of aryl methyl sites for hydroxylation is 1. The van der Waals surface area contributed by atoms with Crippen LogP contribution in [0.3, 0.4) is 0 Å². The molecule has 27 heavy (non-hydrogen) atoms. The van der Waals surface area contributed by atoms with Crippen molar-refractivity contribution in [2.75, 3.05) is 0 Å². The fourth-order valence-electron chi connectivity index (χ4n) is 3.22. The van der Waals surface area contributed by atoms with Crippen molar-refractivity contribution in [2.24, 2.45) is 5.16 Å². The molecule has 0 saturated carbocycles. The first kappa shape index (κ1) is 17.2. The molecule has 1 aromatic heterocycles. The number of oxime groups is 1. The number of para-hydroxylation sites is 1. The number of aromatic nitrogens is 1. The van der Waals surface area contributed by atoms with E-state index in [1.165, 1.54) is 6.92 Å². The molecule has 3 aromatic rings. The Morgan fingerprint density at radius 1 is 1.19 bits per heavy atom. The number of Topliss-reactive ketones (excluding diaryl/α,β-unsaturated/α-hetero) is 1. The molecule has 0 spiro atoms. The predicted octanol–water partition coefficient (Wildman–Crippen LogP) is 4.53. The summed E-state index contributed by atoms with van der Waals surface area (Å²) in [6, 6.07) is 17.9. The highest BCUT2D eigenvalue weighted by Gasteiger charge is 2.25. The van der Waals surface area contributed by atoms with Gasteiger partial charge in [-0.05, 0) is 36.8 Å². The summed E-state index contributed by atoms with van der Waals surface area (Å²) in [4.78, 5) is 21.3. The van der Waals surface area contributed by atoms with Crippen LogP contribution in [0.25, 0.3) is 10.9 Å². The number of hydrogen-bond donors (Lipinski definition) is 0. The summed E-state index contributed by atoms with van der Waals surface area (Å²) in [7, 11) is 0. The summed E-state index contributed by atoms with van der Waals surface area (Å²) in [6.07, 6.45) is 0.308. The van der Waals surface area contributed by atoms with Gasteiger partial charge in [0, 0.05) is 30.0 Å². The smallest absolute Gasteiger partial charge is 0.177 e. The zero-order valence-electron chi connectivity index (χ0n) is 15.3. The summed E-state index contributed by atoms with van der Waals surface area (Å²) in [6.45, 7) is 3.97. The highest BCUT2D eigenvalue weighted by molar-refractivity contribution is 6.39. The third-order valence-corrected chi connectivity index (χ3v) is 4.65. The van der Waals surface area contributed by atoms with E-state index in [4.69, 9.17) is 9.57 Å². The molecule has 136 valence electrons. The minimum absolute atomic E-state index is 0.0441. The maximum absolute atomic E-state index is 11.4. The van der Waals surface area contributed by atoms with Crippen LogP contribution in [0.1, 0.15) is 36.3 Å². The second-order valence-corrected chi connectivity index (χ2v) is 6.69. The molecule has 5 nitrogen and oxygen atoms in total. The van der Waals surface area contributed by atoms with Gasteiger partial charge in [0.25, 0.3) is 0 Å². The molecule has 2 aromatic carbocycles. The number of ketones is 1. The molecule has 0 radical (unpaired) electrons. The van der Waals surface area contributed by atoms with Crippen molar-refractivity contribution in [1.82, 2.24) is 4.98 Å². The Hall–Kier alpha value is -3.21. The maximum Gasteiger partial charge on any atom is 0.177 e. The highest BCUT2D eigenvalue weighted by atomic mass is 16.6. The van der Waals surface area contributed by atoms with Gasteiger partial charge in [-0.15, -0.1) is 0 Å². The van der Waals surface area contributed by atoms with Gasteiger partial charge >= 0.3 is 0 Å². The molecule has 0 N–H and O–H groups in total. The lowest BCUT2D eigenvalue weighted by molar-refractivity contribution is -0.111. The van der Waals surface area contributed by atoms with Gasteiger partial charge in [-0.2, -0.15) is 0 Å². The van der Waals surface area contributed by atoms with Gasteiger partial charge in [-0.25, -0.2) is 0 Å². The lowest BCUT2D eigenvalue weighted by atomic mass is 10.0. The molecule has 1 unspecified atom stereocenters. The van der Waals surface area contributed by atoms with Crippen LogP contribution < -0.4 is 4.74 Å². The number of nitrogens with zero attached hydrogens (tertiary/aromatic N) is 2. The second-order valence-electron chi connectivity index (χ2n) is 6.69. The Morgan fingerprint density at radius 2 is 1.96 bits per heavy atom. The molecule has 0 amide bonds. The summed E-state index contributed by atoms with van der Waals surface area (Å²) in [5, 5.41) is 4.96. The van der Waals surface area contributed by atoms with E-state index >= 15 is 0 Å². The van der Waals surface area contributed by atoms with Gasteiger partial charge in [-0.1, -0.05) is 35.5 Å². The largest absolute Gasteiger partial charge is 0.489 e. The zero-order valence-corrected chi connectivity index (χ0v) is 15.3. The van der Waals surface area contributed by atoms with Crippen LogP contribution >= 0.6 is 0 Å². The minimum atomic E-state index is -0.204. The van der Waals surface area contributed by atoms with Crippen LogP contribution in [0.4, 0.5) is 0 Å². The Labute approximate surface area is 157 Å². The quantitative estimate of drug-likeness (QED) is 0.671. The van der Waals surface area contributed by atoms with Crippen molar-refractivity contribution >= 4 is 22.4 Å². The van der Waals surface area contributed by atoms with Crippen LogP contribution in [-0.4, -0.2) is 16.5 Å². The zero-order chi connectivity index (χ0) is 18.8. The van der Waals surface area contributed by atoms with Crippen LogP contribution in [0.2, 0.25) is 0 Å². The van der Waals surface area contributed by atoms with Gasteiger partial charge in [-0.3, -0.25) is 9.78 Å². The number of carbonyl (C=O) groups is 1. The number of pyridine rings is 1. The van der Waals surface area contributed by atoms with E-state index in [1.54, 1.807) is 0 Å². The average Bonchev–Trinajstić information content (AvgIpc) is 3.17. The molecule has 0 aliphatic carbocycles. The number of benzene rings is 2. The summed E-state index contributed by atoms with van der Waals surface area (Å²) in [5.41, 5.74) is 4.53.